The average molecular weight is 493 g/mol. The Balaban J connectivity index is 1.61. The molecule has 10 nitrogen and oxygen atoms in total. The summed E-state index contributed by atoms with van der Waals surface area (Å²) in [4.78, 5) is 39.2. The molecular weight excluding hydrogens is 476 g/mol. The van der Waals surface area contributed by atoms with E-state index in [2.05, 4.69) is 20.8 Å². The lowest BCUT2D eigenvalue weighted by atomic mass is 9.87. The van der Waals surface area contributed by atoms with Gasteiger partial charge in [0, 0.05) is 29.3 Å². The van der Waals surface area contributed by atoms with Crippen LogP contribution in [0.1, 0.15) is 18.7 Å². The highest BCUT2D eigenvalue weighted by molar-refractivity contribution is 8.00. The van der Waals surface area contributed by atoms with Gasteiger partial charge in [0.1, 0.15) is 11.1 Å². The molecule has 1 saturated heterocycles. The van der Waals surface area contributed by atoms with Crippen molar-refractivity contribution in [2.24, 2.45) is 7.05 Å². The van der Waals surface area contributed by atoms with E-state index in [9.17, 15) is 19.5 Å². The molecule has 1 aliphatic carbocycles. The molecule has 3 heterocycles. The van der Waals surface area contributed by atoms with E-state index in [1.165, 1.54) is 27.3 Å². The monoisotopic (exact) mass is 492 g/mol. The summed E-state index contributed by atoms with van der Waals surface area (Å²) in [6.07, 6.45) is 6.16. The first-order valence-electron chi connectivity index (χ1n) is 9.41. The number of thiocarbonyl (C=S) groups is 1. The molecule has 1 unspecified atom stereocenters. The lowest BCUT2D eigenvalue weighted by molar-refractivity contribution is -0.153. The Morgan fingerprint density at radius 3 is 2.91 bits per heavy atom. The molecule has 3 aliphatic rings. The number of carbonyl (C=O) groups excluding carboxylic acids is 2. The number of aromatic nitrogens is 4. The fourth-order valence-electron chi connectivity index (χ4n) is 3.84. The SMILES string of the molecule is Cn1nnnc1C1=C(C(=O)O)N2C(=O)C(C=S)(NC(=O)CC3=CC=CCC3=CCl)[C@@H]2SC1. The van der Waals surface area contributed by atoms with E-state index >= 15 is 0 Å². The van der Waals surface area contributed by atoms with Gasteiger partial charge < -0.3 is 10.4 Å². The van der Waals surface area contributed by atoms with E-state index in [-0.39, 0.29) is 23.7 Å². The number of nitrogens with zero attached hydrogens (tertiary/aromatic N) is 5. The van der Waals surface area contributed by atoms with E-state index in [1.807, 2.05) is 12.2 Å². The van der Waals surface area contributed by atoms with Gasteiger partial charge in [-0.05, 0) is 28.0 Å². The lowest BCUT2D eigenvalue weighted by Crippen LogP contribution is -2.80. The second-order valence-electron chi connectivity index (χ2n) is 7.27. The molecule has 0 aromatic carbocycles. The maximum Gasteiger partial charge on any atom is 0.353 e. The largest absolute Gasteiger partial charge is 0.477 e. The quantitative estimate of drug-likeness (QED) is 0.444. The van der Waals surface area contributed by atoms with Gasteiger partial charge in [-0.2, -0.15) is 0 Å². The first kappa shape index (κ1) is 22.4. The summed E-state index contributed by atoms with van der Waals surface area (Å²) >= 11 is 12.3. The van der Waals surface area contributed by atoms with Gasteiger partial charge >= 0.3 is 5.97 Å². The van der Waals surface area contributed by atoms with E-state index in [0.29, 0.717) is 12.0 Å². The van der Waals surface area contributed by atoms with Crippen molar-refractivity contribution in [1.82, 2.24) is 30.4 Å². The normalized spacial score (nSPS) is 25.9. The zero-order chi connectivity index (χ0) is 23.0. The molecule has 2 amide bonds. The van der Waals surface area contributed by atoms with Crippen LogP contribution in [0.25, 0.3) is 5.57 Å². The number of fused-ring (bicyclic) bond motifs is 1. The van der Waals surface area contributed by atoms with Crippen LogP contribution in [-0.4, -0.2) is 70.0 Å². The Morgan fingerprint density at radius 1 is 1.50 bits per heavy atom. The number of nitrogens with one attached hydrogen (secondary N) is 1. The van der Waals surface area contributed by atoms with E-state index < -0.39 is 28.7 Å². The molecule has 1 aromatic rings. The van der Waals surface area contributed by atoms with Gasteiger partial charge in [-0.15, -0.1) is 16.9 Å². The summed E-state index contributed by atoms with van der Waals surface area (Å²) in [5, 5.41) is 24.2. The Bertz CT molecular complexity index is 1160. The highest BCUT2D eigenvalue weighted by atomic mass is 35.5. The fourth-order valence-corrected chi connectivity index (χ4v) is 5.88. The van der Waals surface area contributed by atoms with Crippen molar-refractivity contribution in [3.63, 3.8) is 0 Å². The summed E-state index contributed by atoms with van der Waals surface area (Å²) in [6.45, 7) is 0. The number of halogens is 1. The van der Waals surface area contributed by atoms with Gasteiger partial charge in [-0.3, -0.25) is 14.5 Å². The van der Waals surface area contributed by atoms with Crippen LogP contribution in [0.2, 0.25) is 0 Å². The molecule has 13 heteroatoms. The third-order valence-corrected chi connectivity index (χ3v) is 7.39. The molecule has 2 atom stereocenters. The number of carbonyl (C=O) groups is 3. The zero-order valence-electron chi connectivity index (χ0n) is 16.7. The summed E-state index contributed by atoms with van der Waals surface area (Å²) < 4.78 is 1.34. The van der Waals surface area contributed by atoms with Crippen LogP contribution >= 0.6 is 35.6 Å². The van der Waals surface area contributed by atoms with Crippen molar-refractivity contribution in [3.8, 4) is 0 Å². The molecule has 166 valence electrons. The van der Waals surface area contributed by atoms with Gasteiger partial charge in [0.05, 0.1) is 6.42 Å². The van der Waals surface area contributed by atoms with Crippen molar-refractivity contribution in [3.05, 3.63) is 46.4 Å². The van der Waals surface area contributed by atoms with E-state index in [1.54, 1.807) is 13.1 Å². The minimum Gasteiger partial charge on any atom is -0.477 e. The van der Waals surface area contributed by atoms with Crippen LogP contribution in [-0.2, 0) is 21.4 Å². The maximum absolute atomic E-state index is 13.2. The first-order chi connectivity index (χ1) is 15.3. The van der Waals surface area contributed by atoms with Crippen LogP contribution in [0.15, 0.2) is 40.6 Å². The molecule has 0 radical (unpaired) electrons. The number of carboxylic acid groups (broad SMARTS) is 1. The topological polar surface area (TPSA) is 130 Å². The number of aryl methyl sites for hydroxylation is 1. The predicted octanol–water partition coefficient (Wildman–Crippen LogP) is 1.17. The number of hydrogen-bond donors (Lipinski definition) is 2. The number of carboxylic acids is 1. The van der Waals surface area contributed by atoms with E-state index in [0.717, 1.165) is 16.0 Å². The van der Waals surface area contributed by atoms with Crippen LogP contribution in [0.5, 0.6) is 0 Å². The third-order valence-electron chi connectivity index (χ3n) is 5.40. The Hall–Kier alpha value is -2.83. The second-order valence-corrected chi connectivity index (χ2v) is 8.79. The Morgan fingerprint density at radius 2 is 2.28 bits per heavy atom. The fraction of sp³-hybridized carbons (Fsp3) is 0.316. The van der Waals surface area contributed by atoms with Crippen molar-refractivity contribution in [1.29, 1.82) is 0 Å². The molecule has 0 bridgehead atoms. The molecule has 2 N–H and O–H groups in total. The number of rotatable bonds is 6. The summed E-state index contributed by atoms with van der Waals surface area (Å²) in [5.74, 6) is -1.85. The van der Waals surface area contributed by atoms with Crippen molar-refractivity contribution >= 4 is 64.3 Å². The Labute approximate surface area is 197 Å². The molecule has 32 heavy (non-hydrogen) atoms. The number of tetrazole rings is 1. The summed E-state index contributed by atoms with van der Waals surface area (Å²) in [6, 6.07) is 0. The number of β-lactam (4-membered cyclic amide) rings is 1. The van der Waals surface area contributed by atoms with E-state index in [4.69, 9.17) is 23.8 Å². The Kier molecular flexibility index (Phi) is 6.01. The average Bonchev–Trinajstić information content (AvgIpc) is 3.22. The third kappa shape index (κ3) is 3.48. The smallest absolute Gasteiger partial charge is 0.353 e. The van der Waals surface area contributed by atoms with Crippen molar-refractivity contribution < 1.29 is 19.5 Å². The molecule has 4 rings (SSSR count). The zero-order valence-corrected chi connectivity index (χ0v) is 19.1. The number of aliphatic carboxylic acids is 1. The molecule has 1 aromatic heterocycles. The maximum atomic E-state index is 13.2. The molecular formula is C19H17ClN6O4S2. The van der Waals surface area contributed by atoms with Gasteiger partial charge in [-0.1, -0.05) is 42.0 Å². The molecule has 0 spiro atoms. The number of hydrogen-bond acceptors (Lipinski definition) is 8. The number of thioether (sulfide) groups is 1. The van der Waals surface area contributed by atoms with Crippen LogP contribution < -0.4 is 5.32 Å². The van der Waals surface area contributed by atoms with Gasteiger partial charge in [0.2, 0.25) is 5.91 Å². The van der Waals surface area contributed by atoms with Gasteiger partial charge in [0.15, 0.2) is 11.4 Å². The standard InChI is InChI=1S/C19H17ClN6O4S2/c1-25-15(22-23-24-25)12-8-32-18-19(9-31,17(30)26(18)14(12)16(28)29)21-13(27)6-10-4-2-3-5-11(10)7-20/h2-4,7,9,18H,5-6,8H2,1H3,(H,21,27)(H,28,29)/t18-,19?/m0/s1. The molecule has 1 fully saturated rings. The molecule has 2 aliphatic heterocycles. The first-order valence-corrected chi connectivity index (χ1v) is 11.4. The summed E-state index contributed by atoms with van der Waals surface area (Å²) in [5.41, 5.74) is 1.59. The number of amides is 2. The second kappa shape index (κ2) is 8.60. The van der Waals surface area contributed by atoms with Crippen molar-refractivity contribution in [2.75, 3.05) is 5.75 Å². The highest BCUT2D eigenvalue weighted by Crippen LogP contribution is 2.47. The number of allylic oxidation sites excluding steroid dienone is 4. The van der Waals surface area contributed by atoms with Crippen LogP contribution in [0.3, 0.4) is 0 Å². The van der Waals surface area contributed by atoms with Crippen LogP contribution in [0.4, 0.5) is 0 Å². The summed E-state index contributed by atoms with van der Waals surface area (Å²) in [7, 11) is 1.58. The van der Waals surface area contributed by atoms with Gasteiger partial charge in [-0.25, -0.2) is 9.48 Å². The molecule has 0 saturated carbocycles. The highest BCUT2D eigenvalue weighted by Gasteiger charge is 2.64. The van der Waals surface area contributed by atoms with Crippen LogP contribution in [0, 0.1) is 0 Å². The predicted molar refractivity (Wildman–Crippen MR) is 121 cm³/mol. The minimum absolute atomic E-state index is 0.00989. The lowest BCUT2D eigenvalue weighted by Gasteiger charge is -2.55. The van der Waals surface area contributed by atoms with Crippen molar-refractivity contribution in [2.45, 2.75) is 23.8 Å². The van der Waals surface area contributed by atoms with Gasteiger partial charge in [0.25, 0.3) is 5.91 Å². The minimum atomic E-state index is -1.49.